The second kappa shape index (κ2) is 4.89. The fourth-order valence-corrected chi connectivity index (χ4v) is 2.21. The molecule has 1 saturated heterocycles. The number of carbonyl (C=O) groups is 1. The van der Waals surface area contributed by atoms with Crippen molar-refractivity contribution < 1.29 is 13.9 Å². The Morgan fingerprint density at radius 2 is 2.11 bits per heavy atom. The topological polar surface area (TPSA) is 75.5 Å². The van der Waals surface area contributed by atoms with Crippen LogP contribution >= 0.6 is 0 Å². The van der Waals surface area contributed by atoms with Crippen molar-refractivity contribution in [2.24, 2.45) is 0 Å². The number of hydrogen-bond acceptors (Lipinski definition) is 4. The molecule has 6 nitrogen and oxygen atoms in total. The maximum absolute atomic E-state index is 12.1. The predicted octanol–water partition coefficient (Wildman–Crippen LogP) is 0.522. The average molecular weight is 262 g/mol. The zero-order chi connectivity index (χ0) is 13.2. The lowest BCUT2D eigenvalue weighted by molar-refractivity contribution is -0.134. The third-order valence-corrected chi connectivity index (χ3v) is 3.20. The summed E-state index contributed by atoms with van der Waals surface area (Å²) in [5, 5.41) is 0. The van der Waals surface area contributed by atoms with Crippen molar-refractivity contribution in [3.8, 4) is 0 Å². The lowest BCUT2D eigenvalue weighted by atomic mass is 10.1. The van der Waals surface area contributed by atoms with Crippen molar-refractivity contribution in [2.75, 3.05) is 26.3 Å². The summed E-state index contributed by atoms with van der Waals surface area (Å²) in [5.41, 5.74) is 1.99. The van der Waals surface area contributed by atoms with E-state index in [1.54, 1.807) is 23.1 Å². The molecule has 2 heterocycles. The molecule has 3 rings (SSSR count). The molecule has 0 atom stereocenters. The maximum Gasteiger partial charge on any atom is 0.417 e. The second-order valence-corrected chi connectivity index (χ2v) is 4.51. The highest BCUT2D eigenvalue weighted by Crippen LogP contribution is 2.13. The summed E-state index contributed by atoms with van der Waals surface area (Å²) in [6, 6.07) is 5.28. The molecule has 1 fully saturated rings. The molecule has 2 aromatic rings. The van der Waals surface area contributed by atoms with E-state index in [0.717, 1.165) is 5.56 Å². The van der Waals surface area contributed by atoms with Gasteiger partial charge in [0, 0.05) is 13.1 Å². The molecule has 6 heteroatoms. The van der Waals surface area contributed by atoms with Gasteiger partial charge in [0.05, 0.1) is 25.2 Å². The molecule has 1 aliphatic heterocycles. The van der Waals surface area contributed by atoms with Crippen molar-refractivity contribution in [1.29, 1.82) is 0 Å². The van der Waals surface area contributed by atoms with E-state index < -0.39 is 5.76 Å². The summed E-state index contributed by atoms with van der Waals surface area (Å²) in [6.07, 6.45) is 0.323. The molecule has 100 valence electrons. The van der Waals surface area contributed by atoms with Crippen LogP contribution in [0.4, 0.5) is 0 Å². The molecular weight excluding hydrogens is 248 g/mol. The summed E-state index contributed by atoms with van der Waals surface area (Å²) in [7, 11) is 0. The van der Waals surface area contributed by atoms with Gasteiger partial charge in [-0.15, -0.1) is 0 Å². The van der Waals surface area contributed by atoms with Crippen LogP contribution < -0.4 is 5.76 Å². The number of rotatable bonds is 2. The number of aromatic amines is 1. The Bertz CT molecular complexity index is 652. The molecule has 19 heavy (non-hydrogen) atoms. The summed E-state index contributed by atoms with van der Waals surface area (Å²) in [6.45, 7) is 2.48. The van der Waals surface area contributed by atoms with Gasteiger partial charge in [0.2, 0.25) is 5.91 Å². The molecule has 0 saturated carbocycles. The lowest BCUT2D eigenvalue weighted by Gasteiger charge is -2.26. The molecule has 0 unspecified atom stereocenters. The highest BCUT2D eigenvalue weighted by molar-refractivity contribution is 5.81. The number of hydrogen-bond donors (Lipinski definition) is 1. The average Bonchev–Trinajstić information content (AvgIpc) is 2.79. The van der Waals surface area contributed by atoms with Gasteiger partial charge in [-0.25, -0.2) is 4.79 Å². The van der Waals surface area contributed by atoms with E-state index in [9.17, 15) is 9.59 Å². The van der Waals surface area contributed by atoms with E-state index in [-0.39, 0.29) is 5.91 Å². The van der Waals surface area contributed by atoms with Crippen LogP contribution in [0.25, 0.3) is 11.1 Å². The van der Waals surface area contributed by atoms with Crippen LogP contribution in [0.1, 0.15) is 5.56 Å². The molecule has 1 aromatic carbocycles. The zero-order valence-corrected chi connectivity index (χ0v) is 10.3. The first kappa shape index (κ1) is 12.0. The number of fused-ring (bicyclic) bond motifs is 1. The predicted molar refractivity (Wildman–Crippen MR) is 67.9 cm³/mol. The third kappa shape index (κ3) is 2.53. The number of nitrogens with zero attached hydrogens (tertiary/aromatic N) is 1. The van der Waals surface area contributed by atoms with Gasteiger partial charge >= 0.3 is 5.76 Å². The van der Waals surface area contributed by atoms with Gasteiger partial charge in [-0.3, -0.25) is 9.78 Å². The van der Waals surface area contributed by atoms with Crippen LogP contribution in [0.15, 0.2) is 27.4 Å². The highest BCUT2D eigenvalue weighted by atomic mass is 16.5. The number of oxazole rings is 1. The normalized spacial score (nSPS) is 15.9. The first-order chi connectivity index (χ1) is 9.22. The van der Waals surface area contributed by atoms with E-state index >= 15 is 0 Å². The molecule has 1 amide bonds. The van der Waals surface area contributed by atoms with E-state index in [1.807, 2.05) is 0 Å². The molecule has 1 aliphatic rings. The SMILES string of the molecule is O=C(Cc1ccc2oc(=O)[nH]c2c1)N1CCOCC1. The number of amides is 1. The zero-order valence-electron chi connectivity index (χ0n) is 10.3. The van der Waals surface area contributed by atoms with Crippen molar-refractivity contribution in [2.45, 2.75) is 6.42 Å². The number of ether oxygens (including phenoxy) is 1. The van der Waals surface area contributed by atoms with Crippen LogP contribution in [-0.2, 0) is 16.0 Å². The Balaban J connectivity index is 1.76. The quantitative estimate of drug-likeness (QED) is 0.856. The van der Waals surface area contributed by atoms with Crippen LogP contribution in [0.5, 0.6) is 0 Å². The second-order valence-electron chi connectivity index (χ2n) is 4.51. The summed E-state index contributed by atoms with van der Waals surface area (Å²) >= 11 is 0. The van der Waals surface area contributed by atoms with Crippen molar-refractivity contribution in [3.63, 3.8) is 0 Å². The monoisotopic (exact) mass is 262 g/mol. The number of H-pyrrole nitrogens is 1. The molecular formula is C13H14N2O4. The van der Waals surface area contributed by atoms with Gasteiger partial charge in [-0.2, -0.15) is 0 Å². The first-order valence-electron chi connectivity index (χ1n) is 6.20. The van der Waals surface area contributed by atoms with Crippen LogP contribution in [0.2, 0.25) is 0 Å². The van der Waals surface area contributed by atoms with Crippen molar-refractivity contribution in [3.05, 3.63) is 34.3 Å². The van der Waals surface area contributed by atoms with Gasteiger partial charge in [0.15, 0.2) is 5.58 Å². The molecule has 0 bridgehead atoms. The smallest absolute Gasteiger partial charge is 0.408 e. The van der Waals surface area contributed by atoms with Crippen molar-refractivity contribution in [1.82, 2.24) is 9.88 Å². The molecule has 1 N–H and O–H groups in total. The van der Waals surface area contributed by atoms with Crippen molar-refractivity contribution >= 4 is 17.0 Å². The van der Waals surface area contributed by atoms with Gasteiger partial charge in [0.1, 0.15) is 0 Å². The molecule has 0 aliphatic carbocycles. The van der Waals surface area contributed by atoms with Gasteiger partial charge in [-0.1, -0.05) is 6.07 Å². The van der Waals surface area contributed by atoms with Gasteiger partial charge in [-0.05, 0) is 17.7 Å². The Morgan fingerprint density at radius 1 is 1.32 bits per heavy atom. The number of aromatic nitrogens is 1. The lowest BCUT2D eigenvalue weighted by Crippen LogP contribution is -2.41. The highest BCUT2D eigenvalue weighted by Gasteiger charge is 2.17. The minimum absolute atomic E-state index is 0.0773. The van der Waals surface area contributed by atoms with E-state index in [1.165, 1.54) is 0 Å². The van der Waals surface area contributed by atoms with E-state index in [0.29, 0.717) is 43.8 Å². The standard InChI is InChI=1S/C13H14N2O4/c16-12(15-3-5-18-6-4-15)8-9-1-2-11-10(7-9)14-13(17)19-11/h1-2,7H,3-6,8H2,(H,14,17). The minimum Gasteiger partial charge on any atom is -0.408 e. The van der Waals surface area contributed by atoms with Gasteiger partial charge < -0.3 is 14.1 Å². The number of nitrogens with one attached hydrogen (secondary N) is 1. The summed E-state index contributed by atoms with van der Waals surface area (Å²) in [4.78, 5) is 27.5. The Kier molecular flexibility index (Phi) is 3.08. The Labute approximate surface area is 109 Å². The fraction of sp³-hybridized carbons (Fsp3) is 0.385. The van der Waals surface area contributed by atoms with Gasteiger partial charge in [0.25, 0.3) is 0 Å². The Hall–Kier alpha value is -2.08. The number of benzene rings is 1. The summed E-state index contributed by atoms with van der Waals surface area (Å²) < 4.78 is 10.1. The van der Waals surface area contributed by atoms with Crippen LogP contribution in [0, 0.1) is 0 Å². The van der Waals surface area contributed by atoms with Crippen LogP contribution in [-0.4, -0.2) is 42.1 Å². The minimum atomic E-state index is -0.480. The molecule has 0 radical (unpaired) electrons. The number of carbonyl (C=O) groups excluding carboxylic acids is 1. The fourth-order valence-electron chi connectivity index (χ4n) is 2.21. The first-order valence-corrected chi connectivity index (χ1v) is 6.20. The van der Waals surface area contributed by atoms with E-state index in [2.05, 4.69) is 4.98 Å². The largest absolute Gasteiger partial charge is 0.417 e. The third-order valence-electron chi connectivity index (χ3n) is 3.20. The maximum atomic E-state index is 12.1. The summed E-state index contributed by atoms with van der Waals surface area (Å²) in [5.74, 6) is -0.403. The van der Waals surface area contributed by atoms with E-state index in [4.69, 9.17) is 9.15 Å². The molecule has 0 spiro atoms. The van der Waals surface area contributed by atoms with Crippen LogP contribution in [0.3, 0.4) is 0 Å². The Morgan fingerprint density at radius 3 is 2.89 bits per heavy atom. The number of morpholine rings is 1. The molecule has 1 aromatic heterocycles.